The van der Waals surface area contributed by atoms with Crippen LogP contribution >= 0.6 is 0 Å². The second-order valence-corrected chi connectivity index (χ2v) is 4.24. The fourth-order valence-electron chi connectivity index (χ4n) is 1.97. The van der Waals surface area contributed by atoms with Crippen molar-refractivity contribution in [2.24, 2.45) is 0 Å². The Hall–Kier alpha value is -1.42. The van der Waals surface area contributed by atoms with Crippen LogP contribution in [0.4, 0.5) is 4.39 Å². The Morgan fingerprint density at radius 3 is 2.56 bits per heavy atom. The van der Waals surface area contributed by atoms with Gasteiger partial charge in [-0.2, -0.15) is 0 Å². The SMILES string of the molecule is CCOC(=O)C(O)(CC)C(C)c1ccccc1F. The van der Waals surface area contributed by atoms with Gasteiger partial charge in [-0.3, -0.25) is 0 Å². The molecule has 0 radical (unpaired) electrons. The Morgan fingerprint density at radius 1 is 1.44 bits per heavy atom. The summed E-state index contributed by atoms with van der Waals surface area (Å²) in [5, 5.41) is 10.4. The minimum Gasteiger partial charge on any atom is -0.464 e. The van der Waals surface area contributed by atoms with E-state index in [0.29, 0.717) is 5.56 Å². The van der Waals surface area contributed by atoms with Crippen molar-refractivity contribution in [2.75, 3.05) is 6.61 Å². The second kappa shape index (κ2) is 5.96. The number of carbonyl (C=O) groups is 1. The lowest BCUT2D eigenvalue weighted by Gasteiger charge is -2.31. The summed E-state index contributed by atoms with van der Waals surface area (Å²) in [6.07, 6.45) is 0.168. The number of ether oxygens (including phenoxy) is 1. The highest BCUT2D eigenvalue weighted by molar-refractivity contribution is 5.80. The number of esters is 1. The van der Waals surface area contributed by atoms with Gasteiger partial charge in [-0.25, -0.2) is 9.18 Å². The predicted molar refractivity (Wildman–Crippen MR) is 66.7 cm³/mol. The molecule has 0 saturated carbocycles. The molecule has 1 aromatic carbocycles. The van der Waals surface area contributed by atoms with Gasteiger partial charge in [0.2, 0.25) is 0 Å². The molecule has 2 atom stereocenters. The molecule has 0 aliphatic rings. The largest absolute Gasteiger partial charge is 0.464 e. The molecule has 1 N–H and O–H groups in total. The molecule has 0 aliphatic carbocycles. The monoisotopic (exact) mass is 254 g/mol. The van der Waals surface area contributed by atoms with Crippen LogP contribution in [0, 0.1) is 5.82 Å². The van der Waals surface area contributed by atoms with Crippen LogP contribution < -0.4 is 0 Å². The van der Waals surface area contributed by atoms with Crippen molar-refractivity contribution >= 4 is 5.97 Å². The van der Waals surface area contributed by atoms with Gasteiger partial charge in [-0.05, 0) is 25.0 Å². The highest BCUT2D eigenvalue weighted by atomic mass is 19.1. The van der Waals surface area contributed by atoms with Crippen LogP contribution in [0.15, 0.2) is 24.3 Å². The zero-order valence-electron chi connectivity index (χ0n) is 10.9. The average molecular weight is 254 g/mol. The van der Waals surface area contributed by atoms with Crippen molar-refractivity contribution in [3.8, 4) is 0 Å². The first-order valence-electron chi connectivity index (χ1n) is 6.11. The number of hydrogen-bond acceptors (Lipinski definition) is 3. The zero-order chi connectivity index (χ0) is 13.8. The van der Waals surface area contributed by atoms with Crippen LogP contribution in [-0.4, -0.2) is 23.3 Å². The molecule has 100 valence electrons. The Balaban J connectivity index is 3.09. The fourth-order valence-corrected chi connectivity index (χ4v) is 1.97. The summed E-state index contributed by atoms with van der Waals surface area (Å²) in [6, 6.07) is 6.13. The van der Waals surface area contributed by atoms with E-state index in [2.05, 4.69) is 0 Å². The quantitative estimate of drug-likeness (QED) is 0.822. The molecule has 18 heavy (non-hydrogen) atoms. The minimum atomic E-state index is -1.70. The van der Waals surface area contributed by atoms with Crippen LogP contribution in [0.25, 0.3) is 0 Å². The van der Waals surface area contributed by atoms with E-state index in [-0.39, 0.29) is 13.0 Å². The van der Waals surface area contributed by atoms with Crippen molar-refractivity contribution in [2.45, 2.75) is 38.7 Å². The zero-order valence-corrected chi connectivity index (χ0v) is 10.9. The van der Waals surface area contributed by atoms with E-state index < -0.39 is 23.3 Å². The summed E-state index contributed by atoms with van der Waals surface area (Å²) >= 11 is 0. The molecule has 0 spiro atoms. The third-order valence-electron chi connectivity index (χ3n) is 3.26. The van der Waals surface area contributed by atoms with E-state index in [1.165, 1.54) is 6.07 Å². The van der Waals surface area contributed by atoms with Crippen LogP contribution in [0.1, 0.15) is 38.7 Å². The molecular formula is C14H19FO3. The van der Waals surface area contributed by atoms with Gasteiger partial charge >= 0.3 is 5.97 Å². The van der Waals surface area contributed by atoms with E-state index in [9.17, 15) is 14.3 Å². The Bertz CT molecular complexity index is 419. The highest BCUT2D eigenvalue weighted by Crippen LogP contribution is 2.33. The lowest BCUT2D eigenvalue weighted by molar-refractivity contribution is -0.167. The van der Waals surface area contributed by atoms with Gasteiger partial charge in [0.25, 0.3) is 0 Å². The minimum absolute atomic E-state index is 0.168. The summed E-state index contributed by atoms with van der Waals surface area (Å²) in [7, 11) is 0. The summed E-state index contributed by atoms with van der Waals surface area (Å²) in [4.78, 5) is 11.8. The molecule has 1 aromatic rings. The standard InChI is InChI=1S/C14H19FO3/c1-4-14(17,13(16)18-5-2)10(3)11-8-6-7-9-12(11)15/h6-10,17H,4-5H2,1-3H3. The molecule has 2 unspecified atom stereocenters. The maximum Gasteiger partial charge on any atom is 0.338 e. The van der Waals surface area contributed by atoms with E-state index in [4.69, 9.17) is 4.74 Å². The molecule has 4 heteroatoms. The highest BCUT2D eigenvalue weighted by Gasteiger charge is 2.42. The normalized spacial score (nSPS) is 15.8. The number of benzene rings is 1. The molecule has 0 fully saturated rings. The molecular weight excluding hydrogens is 235 g/mol. The Kier molecular flexibility index (Phi) is 4.84. The Morgan fingerprint density at radius 2 is 2.06 bits per heavy atom. The van der Waals surface area contributed by atoms with Crippen molar-refractivity contribution in [1.82, 2.24) is 0 Å². The number of hydrogen-bond donors (Lipinski definition) is 1. The van der Waals surface area contributed by atoms with Crippen LogP contribution in [0.3, 0.4) is 0 Å². The molecule has 0 bridgehead atoms. The van der Waals surface area contributed by atoms with Gasteiger partial charge < -0.3 is 9.84 Å². The second-order valence-electron chi connectivity index (χ2n) is 4.24. The predicted octanol–water partition coefficient (Wildman–Crippen LogP) is 2.63. The third kappa shape index (κ3) is 2.70. The van der Waals surface area contributed by atoms with Crippen molar-refractivity contribution in [3.63, 3.8) is 0 Å². The van der Waals surface area contributed by atoms with Gasteiger partial charge in [-0.15, -0.1) is 0 Å². The lowest BCUT2D eigenvalue weighted by Crippen LogP contribution is -2.44. The molecule has 1 rings (SSSR count). The van der Waals surface area contributed by atoms with Gasteiger partial charge in [0.1, 0.15) is 5.82 Å². The maximum atomic E-state index is 13.7. The van der Waals surface area contributed by atoms with E-state index >= 15 is 0 Å². The van der Waals surface area contributed by atoms with Gasteiger partial charge in [-0.1, -0.05) is 32.0 Å². The van der Waals surface area contributed by atoms with Crippen LogP contribution in [0.2, 0.25) is 0 Å². The first-order valence-corrected chi connectivity index (χ1v) is 6.11. The smallest absolute Gasteiger partial charge is 0.338 e. The first kappa shape index (κ1) is 14.6. The third-order valence-corrected chi connectivity index (χ3v) is 3.26. The average Bonchev–Trinajstić information content (AvgIpc) is 2.37. The first-order chi connectivity index (χ1) is 8.47. The maximum absolute atomic E-state index is 13.7. The number of halogens is 1. The molecule has 0 amide bonds. The summed E-state index contributed by atoms with van der Waals surface area (Å²) < 4.78 is 18.6. The summed E-state index contributed by atoms with van der Waals surface area (Å²) in [6.45, 7) is 5.15. The van der Waals surface area contributed by atoms with Crippen LogP contribution in [0.5, 0.6) is 0 Å². The lowest BCUT2D eigenvalue weighted by atomic mass is 9.81. The van der Waals surface area contributed by atoms with Gasteiger partial charge in [0, 0.05) is 5.92 Å². The van der Waals surface area contributed by atoms with E-state index in [0.717, 1.165) is 0 Å². The molecule has 0 heterocycles. The van der Waals surface area contributed by atoms with Gasteiger partial charge in [0.05, 0.1) is 6.61 Å². The fraction of sp³-hybridized carbons (Fsp3) is 0.500. The van der Waals surface area contributed by atoms with E-state index in [1.54, 1.807) is 39.0 Å². The number of carbonyl (C=O) groups excluding carboxylic acids is 1. The molecule has 3 nitrogen and oxygen atoms in total. The van der Waals surface area contributed by atoms with Crippen molar-refractivity contribution in [3.05, 3.63) is 35.6 Å². The molecule has 0 aliphatic heterocycles. The summed E-state index contributed by atoms with van der Waals surface area (Å²) in [5.41, 5.74) is -1.38. The molecule has 0 saturated heterocycles. The van der Waals surface area contributed by atoms with Crippen molar-refractivity contribution in [1.29, 1.82) is 0 Å². The van der Waals surface area contributed by atoms with Crippen LogP contribution in [-0.2, 0) is 9.53 Å². The number of rotatable bonds is 5. The topological polar surface area (TPSA) is 46.5 Å². The van der Waals surface area contributed by atoms with Crippen molar-refractivity contribution < 1.29 is 19.0 Å². The number of aliphatic hydroxyl groups is 1. The van der Waals surface area contributed by atoms with E-state index in [1.807, 2.05) is 0 Å². The summed E-state index contributed by atoms with van der Waals surface area (Å²) in [5.74, 6) is -1.80. The Labute approximate surface area is 107 Å². The molecule has 0 aromatic heterocycles. The van der Waals surface area contributed by atoms with Gasteiger partial charge in [0.15, 0.2) is 5.60 Å².